The molecule has 0 bridgehead atoms. The molecule has 2 heterocycles. The first kappa shape index (κ1) is 13.2. The lowest BCUT2D eigenvalue weighted by Gasteiger charge is -2.12. The van der Waals surface area contributed by atoms with Gasteiger partial charge in [-0.05, 0) is 29.3 Å². The van der Waals surface area contributed by atoms with Gasteiger partial charge in [-0.25, -0.2) is 9.48 Å². The second-order valence-electron chi connectivity index (χ2n) is 3.95. The van der Waals surface area contributed by atoms with Crippen molar-refractivity contribution in [3.8, 4) is 0 Å². The molecule has 2 aromatic heterocycles. The van der Waals surface area contributed by atoms with Crippen LogP contribution in [0.4, 0.5) is 0 Å². The van der Waals surface area contributed by atoms with E-state index in [9.17, 15) is 9.59 Å². The first-order valence-electron chi connectivity index (χ1n) is 5.51. The number of aromatic carboxylic acids is 1. The van der Waals surface area contributed by atoms with E-state index in [-0.39, 0.29) is 24.2 Å². The van der Waals surface area contributed by atoms with Crippen LogP contribution in [0.5, 0.6) is 0 Å². The Morgan fingerprint density at radius 2 is 2.37 bits per heavy atom. The van der Waals surface area contributed by atoms with Crippen molar-refractivity contribution in [2.45, 2.75) is 19.5 Å². The molecule has 0 fully saturated rings. The molecule has 0 aliphatic carbocycles. The van der Waals surface area contributed by atoms with E-state index in [0.717, 1.165) is 5.56 Å². The van der Waals surface area contributed by atoms with Crippen LogP contribution in [0.1, 0.15) is 29.0 Å². The Morgan fingerprint density at radius 3 is 2.95 bits per heavy atom. The lowest BCUT2D eigenvalue weighted by atomic mass is 10.2. The van der Waals surface area contributed by atoms with Crippen molar-refractivity contribution < 1.29 is 14.7 Å². The molecule has 100 valence electrons. The zero-order valence-corrected chi connectivity index (χ0v) is 10.9. The summed E-state index contributed by atoms with van der Waals surface area (Å²) in [4.78, 5) is 22.4. The van der Waals surface area contributed by atoms with Crippen LogP contribution >= 0.6 is 11.3 Å². The maximum absolute atomic E-state index is 11.8. The van der Waals surface area contributed by atoms with Crippen molar-refractivity contribution in [3.05, 3.63) is 34.3 Å². The van der Waals surface area contributed by atoms with E-state index in [1.165, 1.54) is 10.9 Å². The first-order chi connectivity index (χ1) is 9.06. The van der Waals surface area contributed by atoms with E-state index in [1.54, 1.807) is 11.3 Å². The number of rotatable bonds is 5. The Bertz CT molecular complexity index is 579. The van der Waals surface area contributed by atoms with Gasteiger partial charge in [0.25, 0.3) is 0 Å². The molecule has 0 saturated carbocycles. The highest BCUT2D eigenvalue weighted by atomic mass is 32.1. The van der Waals surface area contributed by atoms with Crippen molar-refractivity contribution in [1.82, 2.24) is 20.3 Å². The Hall–Kier alpha value is -2.22. The Balaban J connectivity index is 1.92. The van der Waals surface area contributed by atoms with Gasteiger partial charge in [0.2, 0.25) is 5.91 Å². The summed E-state index contributed by atoms with van der Waals surface area (Å²) in [6.07, 6.45) is 1.22. The smallest absolute Gasteiger partial charge is 0.358 e. The van der Waals surface area contributed by atoms with Crippen LogP contribution in [0.2, 0.25) is 0 Å². The van der Waals surface area contributed by atoms with E-state index < -0.39 is 5.97 Å². The summed E-state index contributed by atoms with van der Waals surface area (Å²) in [5.74, 6) is -1.42. The first-order valence-corrected chi connectivity index (χ1v) is 6.45. The van der Waals surface area contributed by atoms with Gasteiger partial charge in [-0.1, -0.05) is 5.21 Å². The number of thiophene rings is 1. The van der Waals surface area contributed by atoms with Gasteiger partial charge in [-0.3, -0.25) is 4.79 Å². The largest absolute Gasteiger partial charge is 0.476 e. The minimum atomic E-state index is -1.17. The number of aromatic nitrogens is 3. The highest BCUT2D eigenvalue weighted by molar-refractivity contribution is 7.07. The van der Waals surface area contributed by atoms with E-state index in [0.29, 0.717) is 0 Å². The average Bonchev–Trinajstić information content (AvgIpc) is 2.98. The zero-order valence-electron chi connectivity index (χ0n) is 10.1. The molecule has 0 aromatic carbocycles. The highest BCUT2D eigenvalue weighted by Crippen LogP contribution is 2.15. The van der Waals surface area contributed by atoms with Gasteiger partial charge < -0.3 is 10.4 Å². The number of carboxylic acids is 1. The molecule has 1 unspecified atom stereocenters. The number of amides is 1. The monoisotopic (exact) mass is 280 g/mol. The van der Waals surface area contributed by atoms with Crippen LogP contribution in [0, 0.1) is 0 Å². The molecule has 2 rings (SSSR count). The van der Waals surface area contributed by atoms with Crippen LogP contribution in [-0.2, 0) is 11.3 Å². The van der Waals surface area contributed by atoms with E-state index >= 15 is 0 Å². The molecule has 2 aromatic rings. The fraction of sp³-hybridized carbons (Fsp3) is 0.273. The Kier molecular flexibility index (Phi) is 3.91. The van der Waals surface area contributed by atoms with Gasteiger partial charge in [0.1, 0.15) is 6.54 Å². The molecule has 1 amide bonds. The standard InChI is InChI=1S/C11H12N4O3S/c1-7(8-2-3-19-6-8)12-10(16)5-15-4-9(11(17)18)13-14-15/h2-4,6-7H,5H2,1H3,(H,12,16)(H,17,18). The third-order valence-electron chi connectivity index (χ3n) is 2.48. The molecule has 8 heteroatoms. The summed E-state index contributed by atoms with van der Waals surface area (Å²) in [6.45, 7) is 1.82. The topological polar surface area (TPSA) is 97.1 Å². The van der Waals surface area contributed by atoms with Crippen molar-refractivity contribution >= 4 is 23.2 Å². The third kappa shape index (κ3) is 3.38. The molecule has 2 N–H and O–H groups in total. The molecule has 19 heavy (non-hydrogen) atoms. The van der Waals surface area contributed by atoms with E-state index in [1.807, 2.05) is 23.8 Å². The molecule has 0 spiro atoms. The van der Waals surface area contributed by atoms with Crippen molar-refractivity contribution in [3.63, 3.8) is 0 Å². The normalized spacial score (nSPS) is 12.1. The highest BCUT2D eigenvalue weighted by Gasteiger charge is 2.13. The summed E-state index contributed by atoms with van der Waals surface area (Å²) in [5, 5.41) is 22.4. The molecule has 0 saturated heterocycles. The zero-order chi connectivity index (χ0) is 13.8. The minimum Gasteiger partial charge on any atom is -0.476 e. The van der Waals surface area contributed by atoms with Gasteiger partial charge in [0, 0.05) is 0 Å². The van der Waals surface area contributed by atoms with Crippen LogP contribution in [-0.4, -0.2) is 32.0 Å². The fourth-order valence-electron chi connectivity index (χ4n) is 1.51. The summed E-state index contributed by atoms with van der Waals surface area (Å²) < 4.78 is 1.19. The van der Waals surface area contributed by atoms with Crippen LogP contribution in [0.15, 0.2) is 23.0 Å². The van der Waals surface area contributed by atoms with Crippen LogP contribution in [0.3, 0.4) is 0 Å². The molecule has 0 aliphatic heterocycles. The second-order valence-corrected chi connectivity index (χ2v) is 4.73. The van der Waals surface area contributed by atoms with E-state index in [4.69, 9.17) is 5.11 Å². The maximum Gasteiger partial charge on any atom is 0.358 e. The van der Waals surface area contributed by atoms with Crippen LogP contribution < -0.4 is 5.32 Å². The predicted octanol–water partition coefficient (Wildman–Crippen LogP) is 0.915. The van der Waals surface area contributed by atoms with E-state index in [2.05, 4.69) is 15.6 Å². The summed E-state index contributed by atoms with van der Waals surface area (Å²) in [5.41, 5.74) is 0.849. The predicted molar refractivity (Wildman–Crippen MR) is 67.9 cm³/mol. The van der Waals surface area contributed by atoms with Crippen LogP contribution in [0.25, 0.3) is 0 Å². The average molecular weight is 280 g/mol. The van der Waals surface area contributed by atoms with Crippen molar-refractivity contribution in [2.75, 3.05) is 0 Å². The Labute approximate surface area is 112 Å². The lowest BCUT2D eigenvalue weighted by molar-refractivity contribution is -0.122. The molecule has 7 nitrogen and oxygen atoms in total. The second kappa shape index (κ2) is 5.61. The van der Waals surface area contributed by atoms with Crippen molar-refractivity contribution in [1.29, 1.82) is 0 Å². The number of nitrogens with zero attached hydrogens (tertiary/aromatic N) is 3. The number of hydrogen-bond donors (Lipinski definition) is 2. The number of carboxylic acid groups (broad SMARTS) is 1. The fourth-order valence-corrected chi connectivity index (χ4v) is 2.27. The van der Waals surface area contributed by atoms with Gasteiger partial charge in [-0.15, -0.1) is 5.10 Å². The minimum absolute atomic E-state index is 0.0608. The molecule has 0 aliphatic rings. The Morgan fingerprint density at radius 1 is 1.58 bits per heavy atom. The molecule has 0 radical (unpaired) electrons. The number of nitrogens with one attached hydrogen (secondary N) is 1. The molecular formula is C11H12N4O3S. The molecule has 1 atom stereocenters. The number of carbonyl (C=O) groups excluding carboxylic acids is 1. The summed E-state index contributed by atoms with van der Waals surface area (Å²) in [6, 6.07) is 1.84. The van der Waals surface area contributed by atoms with Crippen molar-refractivity contribution in [2.24, 2.45) is 0 Å². The number of carbonyl (C=O) groups is 2. The summed E-state index contributed by atoms with van der Waals surface area (Å²) >= 11 is 1.56. The SMILES string of the molecule is CC(NC(=O)Cn1cc(C(=O)O)nn1)c1ccsc1. The summed E-state index contributed by atoms with van der Waals surface area (Å²) in [7, 11) is 0. The van der Waals surface area contributed by atoms with Gasteiger partial charge in [-0.2, -0.15) is 11.3 Å². The van der Waals surface area contributed by atoms with Gasteiger partial charge in [0.15, 0.2) is 5.69 Å². The number of hydrogen-bond acceptors (Lipinski definition) is 5. The maximum atomic E-state index is 11.8. The quantitative estimate of drug-likeness (QED) is 0.848. The van der Waals surface area contributed by atoms with Gasteiger partial charge in [0.05, 0.1) is 12.2 Å². The molecular weight excluding hydrogens is 268 g/mol. The van der Waals surface area contributed by atoms with Gasteiger partial charge >= 0.3 is 5.97 Å². The third-order valence-corrected chi connectivity index (χ3v) is 3.19. The lowest BCUT2D eigenvalue weighted by Crippen LogP contribution is -2.30.